The largest absolute Gasteiger partial charge is 0.456 e. The zero-order valence-electron chi connectivity index (χ0n) is 33.5. The van der Waals surface area contributed by atoms with Crippen LogP contribution in [0.15, 0.2) is 180 Å². The molecule has 2 aliphatic carbocycles. The van der Waals surface area contributed by atoms with E-state index in [0.717, 1.165) is 39.0 Å². The van der Waals surface area contributed by atoms with Gasteiger partial charge in [0.15, 0.2) is 0 Å². The lowest BCUT2D eigenvalue weighted by molar-refractivity contribution is 0.660. The highest BCUT2D eigenvalue weighted by Crippen LogP contribution is 2.58. The van der Waals surface area contributed by atoms with Crippen molar-refractivity contribution in [1.82, 2.24) is 0 Å². The molecule has 0 amide bonds. The first-order valence-electron chi connectivity index (χ1n) is 20.6. The van der Waals surface area contributed by atoms with E-state index in [1.807, 2.05) is 23.5 Å². The Morgan fingerprint density at radius 2 is 1.03 bits per heavy atom. The molecule has 2 nitrogen and oxygen atoms in total. The van der Waals surface area contributed by atoms with Crippen molar-refractivity contribution in [2.45, 2.75) is 38.5 Å². The Kier molecular flexibility index (Phi) is 7.23. The first kappa shape index (κ1) is 34.4. The minimum absolute atomic E-state index is 0.0672. The summed E-state index contributed by atoms with van der Waals surface area (Å²) in [5.74, 6) is 0. The number of hydrogen-bond acceptors (Lipinski definition) is 3. The highest BCUT2D eigenvalue weighted by atomic mass is 32.1. The molecule has 0 saturated carbocycles. The van der Waals surface area contributed by atoms with Gasteiger partial charge in [0.2, 0.25) is 0 Å². The minimum atomic E-state index is -0.107. The quantitative estimate of drug-likeness (QED) is 0.173. The Balaban J connectivity index is 0.972. The second-order valence-electron chi connectivity index (χ2n) is 17.3. The number of anilines is 3. The lowest BCUT2D eigenvalue weighted by Crippen LogP contribution is -2.16. The number of hydrogen-bond donors (Lipinski definition) is 0. The van der Waals surface area contributed by atoms with Crippen LogP contribution in [0.25, 0.3) is 75.8 Å². The molecule has 0 N–H and O–H groups in total. The molecule has 0 unspecified atom stereocenters. The molecular weight excluding hydrogens is 735 g/mol. The molecule has 0 fully saturated rings. The lowest BCUT2D eigenvalue weighted by atomic mass is 9.81. The lowest BCUT2D eigenvalue weighted by Gasteiger charge is -2.28. The van der Waals surface area contributed by atoms with Crippen LogP contribution in [0.5, 0.6) is 0 Å². The topological polar surface area (TPSA) is 16.4 Å². The standard InChI is InChI=1S/C56H41NOS/c1-55(2)46-16-8-5-12-41(46)42-30-29-39(33-48(42)55)57(37-25-20-34(21-26-37)36-24-31-50-45(32-36)43-13-6-9-18-49(43)58-50)38-27-22-35(23-28-38)40-15-11-17-47-52(40)54-53(56(47,3)4)44-14-7-10-19-51(44)59-54/h5-33H,1-4H3. The van der Waals surface area contributed by atoms with Crippen molar-refractivity contribution in [3.8, 4) is 43.8 Å². The highest BCUT2D eigenvalue weighted by Gasteiger charge is 2.40. The van der Waals surface area contributed by atoms with E-state index in [9.17, 15) is 0 Å². The molecule has 0 bridgehead atoms. The summed E-state index contributed by atoms with van der Waals surface area (Å²) in [6.07, 6.45) is 0. The maximum Gasteiger partial charge on any atom is 0.135 e. The van der Waals surface area contributed by atoms with Crippen LogP contribution < -0.4 is 4.90 Å². The van der Waals surface area contributed by atoms with Crippen LogP contribution in [-0.4, -0.2) is 0 Å². The molecule has 8 aromatic carbocycles. The molecule has 3 heteroatoms. The van der Waals surface area contributed by atoms with Gasteiger partial charge in [-0.15, -0.1) is 11.3 Å². The van der Waals surface area contributed by atoms with Gasteiger partial charge in [-0.1, -0.05) is 143 Å². The number of benzene rings is 8. The molecule has 0 aliphatic heterocycles. The number of furan rings is 1. The van der Waals surface area contributed by atoms with Gasteiger partial charge in [0.1, 0.15) is 11.2 Å². The second-order valence-corrected chi connectivity index (χ2v) is 18.3. The molecule has 12 rings (SSSR count). The predicted molar refractivity (Wildman–Crippen MR) is 250 cm³/mol. The van der Waals surface area contributed by atoms with Gasteiger partial charge in [-0.3, -0.25) is 0 Å². The Morgan fingerprint density at radius 3 is 1.85 bits per heavy atom. The Labute approximate surface area is 348 Å². The zero-order chi connectivity index (χ0) is 39.6. The average molecular weight is 776 g/mol. The minimum Gasteiger partial charge on any atom is -0.456 e. The number of nitrogens with zero attached hydrogens (tertiary/aromatic N) is 1. The van der Waals surface area contributed by atoms with Crippen LogP contribution >= 0.6 is 11.3 Å². The second kappa shape index (κ2) is 12.4. The Bertz CT molecular complexity index is 3320. The summed E-state index contributed by atoms with van der Waals surface area (Å²) in [6, 6.07) is 64.8. The third kappa shape index (κ3) is 4.98. The van der Waals surface area contributed by atoms with Crippen LogP contribution in [0.3, 0.4) is 0 Å². The maximum atomic E-state index is 6.15. The monoisotopic (exact) mass is 775 g/mol. The first-order chi connectivity index (χ1) is 28.8. The van der Waals surface area contributed by atoms with Crippen LogP contribution in [0.2, 0.25) is 0 Å². The van der Waals surface area contributed by atoms with Gasteiger partial charge >= 0.3 is 0 Å². The fourth-order valence-electron chi connectivity index (χ4n) is 10.3. The van der Waals surface area contributed by atoms with Gasteiger partial charge in [-0.2, -0.15) is 0 Å². The third-order valence-electron chi connectivity index (χ3n) is 13.3. The van der Waals surface area contributed by atoms with Gasteiger partial charge in [0.25, 0.3) is 0 Å². The van der Waals surface area contributed by atoms with Crippen molar-refractivity contribution in [3.05, 3.63) is 198 Å². The summed E-state index contributed by atoms with van der Waals surface area (Å²) in [5, 5.41) is 3.67. The Hall–Kier alpha value is -6.68. The van der Waals surface area contributed by atoms with Crippen LogP contribution in [0.4, 0.5) is 17.1 Å². The molecule has 2 heterocycles. The van der Waals surface area contributed by atoms with Gasteiger partial charge in [0.05, 0.1) is 0 Å². The molecule has 0 spiro atoms. The fraction of sp³-hybridized carbons (Fsp3) is 0.107. The molecule has 0 radical (unpaired) electrons. The van der Waals surface area contributed by atoms with Gasteiger partial charge in [-0.25, -0.2) is 0 Å². The number of rotatable bonds is 5. The third-order valence-corrected chi connectivity index (χ3v) is 14.5. The summed E-state index contributed by atoms with van der Waals surface area (Å²) in [6.45, 7) is 9.50. The Morgan fingerprint density at radius 1 is 0.424 bits per heavy atom. The van der Waals surface area contributed by atoms with Crippen LogP contribution in [-0.2, 0) is 10.8 Å². The van der Waals surface area contributed by atoms with Crippen LogP contribution in [0, 0.1) is 0 Å². The number of thiophene rings is 1. The normalized spacial score (nSPS) is 14.4. The van der Waals surface area contributed by atoms with E-state index < -0.39 is 0 Å². The van der Waals surface area contributed by atoms with Crippen molar-refractivity contribution >= 4 is 60.4 Å². The van der Waals surface area contributed by atoms with E-state index in [0.29, 0.717) is 0 Å². The highest BCUT2D eigenvalue weighted by molar-refractivity contribution is 7.22. The van der Waals surface area contributed by atoms with E-state index in [4.69, 9.17) is 4.42 Å². The van der Waals surface area contributed by atoms with Crippen molar-refractivity contribution in [2.75, 3.05) is 4.90 Å². The first-order valence-corrected chi connectivity index (χ1v) is 21.4. The average Bonchev–Trinajstić information content (AvgIpc) is 3.97. The van der Waals surface area contributed by atoms with Gasteiger partial charge in [-0.05, 0) is 122 Å². The van der Waals surface area contributed by atoms with Gasteiger partial charge in [0, 0.05) is 53.8 Å². The maximum absolute atomic E-state index is 6.15. The van der Waals surface area contributed by atoms with Crippen molar-refractivity contribution in [2.24, 2.45) is 0 Å². The summed E-state index contributed by atoms with van der Waals surface area (Å²) < 4.78 is 7.51. The molecular formula is C56H41NOS. The van der Waals surface area contributed by atoms with Crippen molar-refractivity contribution in [1.29, 1.82) is 0 Å². The smallest absolute Gasteiger partial charge is 0.135 e. The molecule has 282 valence electrons. The zero-order valence-corrected chi connectivity index (χ0v) is 34.3. The van der Waals surface area contributed by atoms with Crippen molar-refractivity contribution < 1.29 is 4.42 Å². The number of fused-ring (bicyclic) bond motifs is 11. The summed E-state index contributed by atoms with van der Waals surface area (Å²) in [4.78, 5) is 3.83. The van der Waals surface area contributed by atoms with Crippen LogP contribution in [0.1, 0.15) is 49.9 Å². The van der Waals surface area contributed by atoms with Gasteiger partial charge < -0.3 is 9.32 Å². The van der Waals surface area contributed by atoms with E-state index >= 15 is 0 Å². The predicted octanol–water partition coefficient (Wildman–Crippen LogP) is 16.2. The SMILES string of the molecule is CC1(C)c2ccccc2-c2ccc(N(c3ccc(-c4ccc5oc6ccccc6c5c4)cc3)c3ccc(-c4cccc5c4-c4sc6ccccc6c4C5(C)C)cc3)cc21. The van der Waals surface area contributed by atoms with E-state index in [1.165, 1.54) is 76.2 Å². The van der Waals surface area contributed by atoms with E-state index in [1.54, 1.807) is 0 Å². The van der Waals surface area contributed by atoms with E-state index in [2.05, 4.69) is 196 Å². The fourth-order valence-corrected chi connectivity index (χ4v) is 11.7. The molecule has 10 aromatic rings. The molecule has 2 aliphatic rings. The van der Waals surface area contributed by atoms with Crippen molar-refractivity contribution in [3.63, 3.8) is 0 Å². The summed E-state index contributed by atoms with van der Waals surface area (Å²) >= 11 is 1.94. The van der Waals surface area contributed by atoms with E-state index in [-0.39, 0.29) is 10.8 Å². The molecule has 0 atom stereocenters. The molecule has 59 heavy (non-hydrogen) atoms. The number of para-hydroxylation sites is 1. The molecule has 2 aromatic heterocycles. The molecule has 0 saturated heterocycles. The summed E-state index contributed by atoms with van der Waals surface area (Å²) in [5.41, 5.74) is 19.6. The summed E-state index contributed by atoms with van der Waals surface area (Å²) in [7, 11) is 0.